The van der Waals surface area contributed by atoms with Crippen LogP contribution in [0.5, 0.6) is 5.75 Å². The van der Waals surface area contributed by atoms with Gasteiger partial charge in [-0.3, -0.25) is 9.59 Å². The van der Waals surface area contributed by atoms with Gasteiger partial charge in [-0.05, 0) is 24.3 Å². The van der Waals surface area contributed by atoms with E-state index in [-0.39, 0.29) is 29.8 Å². The number of hydrogen-bond acceptors (Lipinski definition) is 5. The van der Waals surface area contributed by atoms with Gasteiger partial charge in [0.05, 0.1) is 24.5 Å². The number of anilines is 2. The van der Waals surface area contributed by atoms with Crippen LogP contribution < -0.4 is 20.3 Å². The maximum absolute atomic E-state index is 12.7. The zero-order valence-corrected chi connectivity index (χ0v) is 15.8. The third kappa shape index (κ3) is 4.72. The molecule has 6 nitrogen and oxygen atoms in total. The molecule has 2 aromatic carbocycles. The second-order valence-electron chi connectivity index (χ2n) is 5.99. The minimum atomic E-state index is -2.59. The first-order valence-corrected chi connectivity index (χ1v) is 9.42. The van der Waals surface area contributed by atoms with E-state index in [4.69, 9.17) is 4.74 Å². The van der Waals surface area contributed by atoms with Crippen LogP contribution in [0, 0.1) is 0 Å². The van der Waals surface area contributed by atoms with Gasteiger partial charge in [-0.25, -0.2) is 0 Å². The summed E-state index contributed by atoms with van der Waals surface area (Å²) in [6, 6.07) is 13.5. The molecule has 9 heteroatoms. The van der Waals surface area contributed by atoms with Crippen LogP contribution in [0.1, 0.15) is 0 Å². The summed E-state index contributed by atoms with van der Waals surface area (Å²) in [6.45, 7) is 0.138. The molecular formula is C19H19F2N3O3S. The summed E-state index contributed by atoms with van der Waals surface area (Å²) < 4.78 is 31.1. The minimum Gasteiger partial charge on any atom is -0.477 e. The average molecular weight is 407 g/mol. The maximum atomic E-state index is 12.7. The Morgan fingerprint density at radius 3 is 2.68 bits per heavy atom. The van der Waals surface area contributed by atoms with Crippen molar-refractivity contribution in [2.24, 2.45) is 0 Å². The van der Waals surface area contributed by atoms with Crippen LogP contribution in [-0.4, -0.2) is 43.8 Å². The van der Waals surface area contributed by atoms with Gasteiger partial charge in [0.15, 0.2) is 6.10 Å². The van der Waals surface area contributed by atoms with Crippen LogP contribution in [-0.2, 0) is 9.59 Å². The molecule has 0 aliphatic carbocycles. The molecule has 0 radical (unpaired) electrons. The number of carbonyl (C=O) groups excluding carboxylic acids is 2. The van der Waals surface area contributed by atoms with E-state index in [1.165, 1.54) is 13.1 Å². The fraction of sp³-hybridized carbons (Fsp3) is 0.263. The minimum absolute atomic E-state index is 0.0540. The number of nitrogens with one attached hydrogen (secondary N) is 2. The van der Waals surface area contributed by atoms with Crippen molar-refractivity contribution in [3.8, 4) is 5.75 Å². The lowest BCUT2D eigenvalue weighted by atomic mass is 10.1. The molecule has 0 unspecified atom stereocenters. The quantitative estimate of drug-likeness (QED) is 0.721. The van der Waals surface area contributed by atoms with Crippen molar-refractivity contribution in [1.29, 1.82) is 0 Å². The molecule has 1 atom stereocenters. The van der Waals surface area contributed by atoms with Gasteiger partial charge in [0, 0.05) is 11.9 Å². The largest absolute Gasteiger partial charge is 0.477 e. The fourth-order valence-electron chi connectivity index (χ4n) is 2.89. The SMILES string of the molecule is CNC(=O)[C@@H]1CN(CC(=O)Nc2ccccc2SC(F)F)c2ccccc2O1. The molecule has 3 rings (SSSR count). The zero-order chi connectivity index (χ0) is 20.1. The first-order chi connectivity index (χ1) is 13.5. The molecule has 0 bridgehead atoms. The van der Waals surface area contributed by atoms with E-state index in [9.17, 15) is 18.4 Å². The monoisotopic (exact) mass is 407 g/mol. The van der Waals surface area contributed by atoms with Gasteiger partial charge in [0.2, 0.25) is 5.91 Å². The number of nitrogens with zero attached hydrogens (tertiary/aromatic N) is 1. The predicted molar refractivity (Wildman–Crippen MR) is 104 cm³/mol. The highest BCUT2D eigenvalue weighted by molar-refractivity contribution is 7.99. The molecule has 0 aromatic heterocycles. The molecule has 0 fully saturated rings. The third-order valence-electron chi connectivity index (χ3n) is 4.11. The second kappa shape index (κ2) is 8.92. The molecule has 0 spiro atoms. The van der Waals surface area contributed by atoms with Gasteiger partial charge < -0.3 is 20.3 Å². The number of halogens is 2. The molecule has 0 saturated heterocycles. The Kier molecular flexibility index (Phi) is 6.35. The maximum Gasteiger partial charge on any atom is 0.288 e. The highest BCUT2D eigenvalue weighted by Gasteiger charge is 2.31. The highest BCUT2D eigenvalue weighted by Crippen LogP contribution is 2.34. The van der Waals surface area contributed by atoms with Crippen LogP contribution in [0.2, 0.25) is 0 Å². The van der Waals surface area contributed by atoms with Crippen molar-refractivity contribution in [1.82, 2.24) is 5.32 Å². The topological polar surface area (TPSA) is 70.7 Å². The summed E-state index contributed by atoms with van der Waals surface area (Å²) in [5.41, 5.74) is 1.01. The van der Waals surface area contributed by atoms with Gasteiger partial charge in [0.1, 0.15) is 5.75 Å². The summed E-state index contributed by atoms with van der Waals surface area (Å²) in [6.07, 6.45) is -0.755. The van der Waals surface area contributed by atoms with Crippen molar-refractivity contribution in [3.63, 3.8) is 0 Å². The molecule has 148 valence electrons. The molecule has 28 heavy (non-hydrogen) atoms. The smallest absolute Gasteiger partial charge is 0.288 e. The van der Waals surface area contributed by atoms with E-state index in [1.807, 2.05) is 6.07 Å². The highest BCUT2D eigenvalue weighted by atomic mass is 32.2. The van der Waals surface area contributed by atoms with Gasteiger partial charge in [-0.15, -0.1) is 0 Å². The Hall–Kier alpha value is -2.81. The van der Waals surface area contributed by atoms with E-state index >= 15 is 0 Å². The normalized spacial score (nSPS) is 15.6. The Morgan fingerprint density at radius 1 is 1.21 bits per heavy atom. The number of amides is 2. The number of ether oxygens (including phenoxy) is 1. The fourth-order valence-corrected chi connectivity index (χ4v) is 3.48. The second-order valence-corrected chi connectivity index (χ2v) is 7.02. The van der Waals surface area contributed by atoms with E-state index in [0.29, 0.717) is 28.9 Å². The van der Waals surface area contributed by atoms with Crippen LogP contribution in [0.15, 0.2) is 53.4 Å². The number of thioether (sulfide) groups is 1. The Morgan fingerprint density at radius 2 is 1.93 bits per heavy atom. The zero-order valence-electron chi connectivity index (χ0n) is 15.0. The Balaban J connectivity index is 1.75. The van der Waals surface area contributed by atoms with E-state index in [0.717, 1.165) is 0 Å². The summed E-state index contributed by atoms with van der Waals surface area (Å²) in [4.78, 5) is 26.6. The lowest BCUT2D eigenvalue weighted by Gasteiger charge is -2.35. The van der Waals surface area contributed by atoms with Crippen molar-refractivity contribution >= 4 is 35.0 Å². The Labute approximate surface area is 165 Å². The van der Waals surface area contributed by atoms with Gasteiger partial charge >= 0.3 is 0 Å². The van der Waals surface area contributed by atoms with Gasteiger partial charge in [-0.2, -0.15) is 8.78 Å². The standard InChI is InChI=1S/C19H19F2N3O3S/c1-22-18(26)15-10-24(13-7-3-4-8-14(13)27-15)11-17(25)23-12-6-2-5-9-16(12)28-19(20)21/h2-9,15,19H,10-11H2,1H3,(H,22,26)(H,23,25)/t15-/m0/s1. The number of benzene rings is 2. The third-order valence-corrected chi connectivity index (χ3v) is 4.90. The molecule has 1 heterocycles. The molecule has 0 saturated carbocycles. The predicted octanol–water partition coefficient (Wildman–Crippen LogP) is 2.95. The van der Waals surface area contributed by atoms with Gasteiger partial charge in [-0.1, -0.05) is 36.0 Å². The number of fused-ring (bicyclic) bond motifs is 1. The Bertz CT molecular complexity index is 866. The van der Waals surface area contributed by atoms with Crippen LogP contribution in [0.25, 0.3) is 0 Å². The molecule has 1 aliphatic rings. The number of para-hydroxylation sites is 3. The molecule has 2 amide bonds. The van der Waals surface area contributed by atoms with Crippen LogP contribution >= 0.6 is 11.8 Å². The van der Waals surface area contributed by atoms with E-state index in [1.54, 1.807) is 41.3 Å². The number of hydrogen-bond donors (Lipinski definition) is 2. The molecule has 2 aromatic rings. The summed E-state index contributed by atoms with van der Waals surface area (Å²) in [5.74, 6) is -2.76. The number of rotatable bonds is 6. The van der Waals surface area contributed by atoms with E-state index < -0.39 is 11.9 Å². The lowest BCUT2D eigenvalue weighted by molar-refractivity contribution is -0.127. The summed E-state index contributed by atoms with van der Waals surface area (Å²) in [7, 11) is 1.51. The first-order valence-electron chi connectivity index (χ1n) is 8.54. The lowest BCUT2D eigenvalue weighted by Crippen LogP contribution is -2.50. The average Bonchev–Trinajstić information content (AvgIpc) is 2.68. The molecule has 1 aliphatic heterocycles. The van der Waals surface area contributed by atoms with Crippen LogP contribution in [0.3, 0.4) is 0 Å². The molecular weight excluding hydrogens is 388 g/mol. The van der Waals surface area contributed by atoms with Crippen LogP contribution in [0.4, 0.5) is 20.2 Å². The van der Waals surface area contributed by atoms with Crippen molar-refractivity contribution < 1.29 is 23.1 Å². The number of likely N-dealkylation sites (N-methyl/N-ethyl adjacent to an activating group) is 1. The summed E-state index contributed by atoms with van der Waals surface area (Å²) >= 11 is 0.374. The summed E-state index contributed by atoms with van der Waals surface area (Å²) in [5, 5.41) is 5.22. The van der Waals surface area contributed by atoms with Crippen molar-refractivity contribution in [2.75, 3.05) is 30.4 Å². The van der Waals surface area contributed by atoms with Crippen molar-refractivity contribution in [3.05, 3.63) is 48.5 Å². The number of carbonyl (C=O) groups is 2. The molecule has 2 N–H and O–H groups in total. The van der Waals surface area contributed by atoms with E-state index in [2.05, 4.69) is 10.6 Å². The first kappa shape index (κ1) is 19.9. The van der Waals surface area contributed by atoms with Crippen molar-refractivity contribution in [2.45, 2.75) is 16.8 Å². The number of alkyl halides is 2. The van der Waals surface area contributed by atoms with Gasteiger partial charge in [0.25, 0.3) is 11.7 Å².